The number of carbonyl (C=O) groups is 1. The number of alkyl halides is 3. The van der Waals surface area contributed by atoms with Gasteiger partial charge in [0, 0.05) is 6.42 Å². The molecule has 0 aromatic carbocycles. The third-order valence-electron chi connectivity index (χ3n) is 2.72. The van der Waals surface area contributed by atoms with E-state index in [-0.39, 0.29) is 12.8 Å². The zero-order chi connectivity index (χ0) is 11.5. The predicted molar refractivity (Wildman–Crippen MR) is 47.5 cm³/mol. The molecule has 0 saturated carbocycles. The Morgan fingerprint density at radius 1 is 1.47 bits per heavy atom. The largest absolute Gasteiger partial charge is 0.480 e. The zero-order valence-corrected chi connectivity index (χ0v) is 8.23. The smallest absolute Gasteiger partial charge is 0.389 e. The Kier molecular flexibility index (Phi) is 3.59. The van der Waals surface area contributed by atoms with Crippen molar-refractivity contribution in [1.82, 2.24) is 5.32 Å². The lowest BCUT2D eigenvalue weighted by Gasteiger charge is -2.24. The molecule has 1 heterocycles. The van der Waals surface area contributed by atoms with Gasteiger partial charge in [-0.2, -0.15) is 13.2 Å². The number of carboxylic acids is 1. The standard InChI is InChI=1S/C9H14F3NO2/c10-9(11,12)5-1-3-8(7(14)15)4-2-6-13-8/h13H,1-6H2,(H,14,15). The molecule has 3 nitrogen and oxygen atoms in total. The molecule has 88 valence electrons. The average molecular weight is 225 g/mol. The maximum Gasteiger partial charge on any atom is 0.389 e. The van der Waals surface area contributed by atoms with Gasteiger partial charge in [0.15, 0.2) is 0 Å². The minimum absolute atomic E-state index is 0.0435. The van der Waals surface area contributed by atoms with Crippen LogP contribution in [-0.4, -0.2) is 29.3 Å². The zero-order valence-electron chi connectivity index (χ0n) is 8.23. The predicted octanol–water partition coefficient (Wildman–Crippen LogP) is 1.93. The van der Waals surface area contributed by atoms with Crippen LogP contribution < -0.4 is 5.32 Å². The molecule has 1 atom stereocenters. The molecule has 1 unspecified atom stereocenters. The third kappa shape index (κ3) is 3.37. The van der Waals surface area contributed by atoms with Gasteiger partial charge in [-0.25, -0.2) is 0 Å². The highest BCUT2D eigenvalue weighted by Crippen LogP contribution is 2.29. The normalized spacial score (nSPS) is 26.9. The highest BCUT2D eigenvalue weighted by molar-refractivity contribution is 5.79. The molecule has 1 saturated heterocycles. The molecule has 2 N–H and O–H groups in total. The van der Waals surface area contributed by atoms with Crippen LogP contribution in [0.5, 0.6) is 0 Å². The van der Waals surface area contributed by atoms with Crippen molar-refractivity contribution in [3.63, 3.8) is 0 Å². The molecule has 1 fully saturated rings. The Morgan fingerprint density at radius 2 is 2.13 bits per heavy atom. The first kappa shape index (κ1) is 12.3. The van der Waals surface area contributed by atoms with E-state index in [2.05, 4.69) is 5.32 Å². The summed E-state index contributed by atoms with van der Waals surface area (Å²) in [4.78, 5) is 10.9. The van der Waals surface area contributed by atoms with Crippen molar-refractivity contribution in [2.24, 2.45) is 0 Å². The van der Waals surface area contributed by atoms with E-state index < -0.39 is 24.1 Å². The van der Waals surface area contributed by atoms with Crippen molar-refractivity contribution >= 4 is 5.97 Å². The molecule has 0 aromatic rings. The summed E-state index contributed by atoms with van der Waals surface area (Å²) in [6, 6.07) is 0. The Bertz CT molecular complexity index is 234. The topological polar surface area (TPSA) is 49.3 Å². The van der Waals surface area contributed by atoms with Gasteiger partial charge in [-0.1, -0.05) is 0 Å². The summed E-state index contributed by atoms with van der Waals surface area (Å²) in [7, 11) is 0. The van der Waals surface area contributed by atoms with E-state index in [9.17, 15) is 18.0 Å². The maximum absolute atomic E-state index is 11.9. The molecule has 0 bridgehead atoms. The van der Waals surface area contributed by atoms with Gasteiger partial charge in [0.25, 0.3) is 0 Å². The first-order valence-corrected chi connectivity index (χ1v) is 4.91. The van der Waals surface area contributed by atoms with Crippen LogP contribution in [0.15, 0.2) is 0 Å². The molecule has 0 radical (unpaired) electrons. The van der Waals surface area contributed by atoms with Crippen molar-refractivity contribution in [3.05, 3.63) is 0 Å². The highest BCUT2D eigenvalue weighted by atomic mass is 19.4. The molecule has 0 aromatic heterocycles. The monoisotopic (exact) mass is 225 g/mol. The van der Waals surface area contributed by atoms with E-state index in [4.69, 9.17) is 5.11 Å². The lowest BCUT2D eigenvalue weighted by atomic mass is 9.91. The molecule has 1 aliphatic rings. The van der Waals surface area contributed by atoms with Crippen molar-refractivity contribution < 1.29 is 23.1 Å². The summed E-state index contributed by atoms with van der Waals surface area (Å²) in [5, 5.41) is 11.7. The first-order chi connectivity index (χ1) is 6.86. The molecule has 15 heavy (non-hydrogen) atoms. The summed E-state index contributed by atoms with van der Waals surface area (Å²) >= 11 is 0. The van der Waals surface area contributed by atoms with Crippen molar-refractivity contribution in [2.75, 3.05) is 6.54 Å². The molecule has 6 heteroatoms. The number of halogens is 3. The Balaban J connectivity index is 2.43. The fraction of sp³-hybridized carbons (Fsp3) is 0.889. The fourth-order valence-electron chi connectivity index (χ4n) is 1.90. The van der Waals surface area contributed by atoms with E-state index in [1.165, 1.54) is 0 Å². The van der Waals surface area contributed by atoms with Crippen LogP contribution in [-0.2, 0) is 4.79 Å². The average Bonchev–Trinajstić information content (AvgIpc) is 2.51. The molecule has 0 aliphatic carbocycles. The number of rotatable bonds is 4. The number of hydrogen-bond donors (Lipinski definition) is 2. The number of carboxylic acid groups (broad SMARTS) is 1. The van der Waals surface area contributed by atoms with Gasteiger partial charge in [0.1, 0.15) is 5.54 Å². The van der Waals surface area contributed by atoms with E-state index in [1.54, 1.807) is 0 Å². The second kappa shape index (κ2) is 4.38. The van der Waals surface area contributed by atoms with Gasteiger partial charge in [0.05, 0.1) is 0 Å². The molecule has 1 aliphatic heterocycles. The quantitative estimate of drug-likeness (QED) is 0.768. The minimum Gasteiger partial charge on any atom is -0.480 e. The van der Waals surface area contributed by atoms with Crippen LogP contribution in [0, 0.1) is 0 Å². The van der Waals surface area contributed by atoms with Gasteiger partial charge in [-0.15, -0.1) is 0 Å². The molecule has 0 amide bonds. The third-order valence-corrected chi connectivity index (χ3v) is 2.72. The molecular formula is C9H14F3NO2. The van der Waals surface area contributed by atoms with Crippen LogP contribution in [0.2, 0.25) is 0 Å². The van der Waals surface area contributed by atoms with Crippen LogP contribution in [0.1, 0.15) is 32.1 Å². The maximum atomic E-state index is 11.9. The summed E-state index contributed by atoms with van der Waals surface area (Å²) < 4.78 is 35.7. The second-order valence-electron chi connectivity index (χ2n) is 3.89. The molecule has 1 rings (SSSR count). The summed E-state index contributed by atoms with van der Waals surface area (Å²) in [6.07, 6.45) is -4.08. The summed E-state index contributed by atoms with van der Waals surface area (Å²) in [5.41, 5.74) is -1.12. The number of aliphatic carboxylic acids is 1. The van der Waals surface area contributed by atoms with E-state index in [0.29, 0.717) is 19.4 Å². The lowest BCUT2D eigenvalue weighted by molar-refractivity contribution is -0.147. The van der Waals surface area contributed by atoms with Crippen LogP contribution in [0.3, 0.4) is 0 Å². The number of hydrogen-bond acceptors (Lipinski definition) is 2. The van der Waals surface area contributed by atoms with Crippen molar-refractivity contribution in [2.45, 2.75) is 43.8 Å². The first-order valence-electron chi connectivity index (χ1n) is 4.91. The van der Waals surface area contributed by atoms with Gasteiger partial charge >= 0.3 is 12.1 Å². The highest BCUT2D eigenvalue weighted by Gasteiger charge is 2.41. The summed E-state index contributed by atoms with van der Waals surface area (Å²) in [6.45, 7) is 0.568. The van der Waals surface area contributed by atoms with Crippen molar-refractivity contribution in [3.8, 4) is 0 Å². The van der Waals surface area contributed by atoms with E-state index >= 15 is 0 Å². The SMILES string of the molecule is O=C(O)C1(CCCC(F)(F)F)CCCN1. The second-order valence-corrected chi connectivity index (χ2v) is 3.89. The molecular weight excluding hydrogens is 211 g/mol. The van der Waals surface area contributed by atoms with Gasteiger partial charge in [-0.3, -0.25) is 4.79 Å². The van der Waals surface area contributed by atoms with Crippen molar-refractivity contribution in [1.29, 1.82) is 0 Å². The minimum atomic E-state index is -4.20. The fourth-order valence-corrected chi connectivity index (χ4v) is 1.90. The van der Waals surface area contributed by atoms with E-state index in [1.807, 2.05) is 0 Å². The van der Waals surface area contributed by atoms with Crippen LogP contribution in [0.25, 0.3) is 0 Å². The van der Waals surface area contributed by atoms with Crippen LogP contribution in [0.4, 0.5) is 13.2 Å². The molecule has 0 spiro atoms. The van der Waals surface area contributed by atoms with Crippen LogP contribution >= 0.6 is 0 Å². The Hall–Kier alpha value is -0.780. The Morgan fingerprint density at radius 3 is 2.53 bits per heavy atom. The lowest BCUT2D eigenvalue weighted by Crippen LogP contribution is -2.47. The van der Waals surface area contributed by atoms with Gasteiger partial charge in [0.2, 0.25) is 0 Å². The van der Waals surface area contributed by atoms with Gasteiger partial charge < -0.3 is 10.4 Å². The van der Waals surface area contributed by atoms with E-state index in [0.717, 1.165) is 0 Å². The Labute approximate surface area is 85.7 Å². The summed E-state index contributed by atoms with van der Waals surface area (Å²) in [5.74, 6) is -1.04. The number of nitrogens with one attached hydrogen (secondary N) is 1. The van der Waals surface area contributed by atoms with Gasteiger partial charge in [-0.05, 0) is 32.2 Å².